The normalized spacial score (nSPS) is 24.1. The first-order valence-corrected chi connectivity index (χ1v) is 6.46. The summed E-state index contributed by atoms with van der Waals surface area (Å²) in [5.41, 5.74) is 6.59. The molecule has 104 valence electrons. The number of alkyl halides is 1. The number of rotatable bonds is 4. The summed E-state index contributed by atoms with van der Waals surface area (Å²) in [6, 6.07) is 9.00. The molecule has 0 spiro atoms. The molecule has 4 nitrogen and oxygen atoms in total. The molecular formula is C14H19FN2O2. The summed E-state index contributed by atoms with van der Waals surface area (Å²) in [7, 11) is 0. The Hall–Kier alpha value is -1.46. The Bertz CT molecular complexity index is 413. The van der Waals surface area contributed by atoms with Crippen LogP contribution in [0.2, 0.25) is 0 Å². The van der Waals surface area contributed by atoms with Crippen molar-refractivity contribution in [3.63, 3.8) is 0 Å². The summed E-state index contributed by atoms with van der Waals surface area (Å²) in [5.74, 6) is -0.298. The number of hydrogen-bond donors (Lipinski definition) is 1. The van der Waals surface area contributed by atoms with E-state index >= 15 is 0 Å². The topological polar surface area (TPSA) is 55.6 Å². The molecule has 2 rings (SSSR count). The number of nitrogens with zero attached hydrogens (tertiary/aromatic N) is 1. The molecule has 1 heterocycles. The molecule has 1 aliphatic heterocycles. The van der Waals surface area contributed by atoms with E-state index in [1.165, 1.54) is 0 Å². The Morgan fingerprint density at radius 2 is 2.16 bits per heavy atom. The average Bonchev–Trinajstić information content (AvgIpc) is 2.42. The second-order valence-corrected chi connectivity index (χ2v) is 4.85. The maximum absolute atomic E-state index is 13.2. The largest absolute Gasteiger partial charge is 0.460 e. The van der Waals surface area contributed by atoms with Gasteiger partial charge in [-0.3, -0.25) is 9.69 Å². The molecule has 0 aliphatic carbocycles. The van der Waals surface area contributed by atoms with Gasteiger partial charge in [-0.15, -0.1) is 0 Å². The average molecular weight is 266 g/mol. The highest BCUT2D eigenvalue weighted by Crippen LogP contribution is 2.12. The van der Waals surface area contributed by atoms with Crippen LogP contribution in [0.4, 0.5) is 4.39 Å². The first-order valence-electron chi connectivity index (χ1n) is 6.46. The lowest BCUT2D eigenvalue weighted by Gasteiger charge is -2.32. The second-order valence-electron chi connectivity index (χ2n) is 4.85. The van der Waals surface area contributed by atoms with Gasteiger partial charge >= 0.3 is 5.97 Å². The zero-order chi connectivity index (χ0) is 13.7. The quantitative estimate of drug-likeness (QED) is 0.829. The number of carbonyl (C=O) groups excluding carboxylic acids is 1. The minimum absolute atomic E-state index is 0.174. The van der Waals surface area contributed by atoms with Crippen LogP contribution in [-0.2, 0) is 16.1 Å². The number of ether oxygens (including phenoxy) is 1. The van der Waals surface area contributed by atoms with Gasteiger partial charge in [0.05, 0.1) is 6.54 Å². The number of benzene rings is 1. The maximum Gasteiger partial charge on any atom is 0.320 e. The molecule has 2 atom stereocenters. The molecule has 1 fully saturated rings. The van der Waals surface area contributed by atoms with Gasteiger partial charge in [0.1, 0.15) is 12.8 Å². The number of nitrogens with two attached hydrogens (primary N) is 1. The summed E-state index contributed by atoms with van der Waals surface area (Å²) >= 11 is 0. The van der Waals surface area contributed by atoms with E-state index in [9.17, 15) is 9.18 Å². The van der Waals surface area contributed by atoms with Crippen LogP contribution in [0.25, 0.3) is 0 Å². The monoisotopic (exact) mass is 266 g/mol. The van der Waals surface area contributed by atoms with E-state index in [2.05, 4.69) is 0 Å². The van der Waals surface area contributed by atoms with Crippen molar-refractivity contribution >= 4 is 5.97 Å². The van der Waals surface area contributed by atoms with Crippen molar-refractivity contribution in [2.45, 2.75) is 25.2 Å². The van der Waals surface area contributed by atoms with Crippen molar-refractivity contribution in [3.8, 4) is 0 Å². The molecule has 19 heavy (non-hydrogen) atoms. The Kier molecular flexibility index (Phi) is 4.87. The zero-order valence-corrected chi connectivity index (χ0v) is 10.8. The number of piperidine rings is 1. The van der Waals surface area contributed by atoms with Crippen LogP contribution >= 0.6 is 0 Å². The third kappa shape index (κ3) is 4.29. The number of hydrogen-bond acceptors (Lipinski definition) is 4. The van der Waals surface area contributed by atoms with Gasteiger partial charge in [0.15, 0.2) is 0 Å². The molecule has 1 aromatic carbocycles. The van der Waals surface area contributed by atoms with Gasteiger partial charge in [-0.2, -0.15) is 0 Å². The molecule has 0 bridgehead atoms. The minimum Gasteiger partial charge on any atom is -0.460 e. The lowest BCUT2D eigenvalue weighted by molar-refractivity contribution is -0.146. The summed E-state index contributed by atoms with van der Waals surface area (Å²) < 4.78 is 18.4. The Balaban J connectivity index is 1.73. The summed E-state index contributed by atoms with van der Waals surface area (Å²) in [6.45, 7) is 1.40. The molecule has 1 saturated heterocycles. The van der Waals surface area contributed by atoms with Gasteiger partial charge < -0.3 is 10.5 Å². The highest BCUT2D eigenvalue weighted by molar-refractivity contribution is 5.71. The van der Waals surface area contributed by atoms with E-state index in [-0.39, 0.29) is 19.1 Å². The fraction of sp³-hybridized carbons (Fsp3) is 0.500. The second kappa shape index (κ2) is 6.63. The van der Waals surface area contributed by atoms with Gasteiger partial charge in [0.25, 0.3) is 0 Å². The summed E-state index contributed by atoms with van der Waals surface area (Å²) in [4.78, 5) is 13.5. The van der Waals surface area contributed by atoms with Gasteiger partial charge in [0.2, 0.25) is 0 Å². The maximum atomic E-state index is 13.2. The fourth-order valence-electron chi connectivity index (χ4n) is 2.13. The van der Waals surface area contributed by atoms with E-state index in [0.29, 0.717) is 19.5 Å². The zero-order valence-electron chi connectivity index (χ0n) is 10.8. The van der Waals surface area contributed by atoms with Crippen LogP contribution in [0.3, 0.4) is 0 Å². The van der Waals surface area contributed by atoms with Crippen LogP contribution in [-0.4, -0.2) is 42.7 Å². The van der Waals surface area contributed by atoms with Crippen LogP contribution < -0.4 is 5.73 Å². The SMILES string of the molecule is NC1CN(CC(=O)OCc2ccccc2)CCC1F. The summed E-state index contributed by atoms with van der Waals surface area (Å²) in [6.07, 6.45) is -0.579. The Morgan fingerprint density at radius 3 is 2.84 bits per heavy atom. The van der Waals surface area contributed by atoms with Crippen molar-refractivity contribution < 1.29 is 13.9 Å². The van der Waals surface area contributed by atoms with E-state index in [1.54, 1.807) is 0 Å². The summed E-state index contributed by atoms with van der Waals surface area (Å²) in [5, 5.41) is 0. The van der Waals surface area contributed by atoms with E-state index in [1.807, 2.05) is 35.2 Å². The van der Waals surface area contributed by atoms with Gasteiger partial charge in [-0.05, 0) is 12.0 Å². The van der Waals surface area contributed by atoms with E-state index in [4.69, 9.17) is 10.5 Å². The molecule has 0 amide bonds. The van der Waals surface area contributed by atoms with Crippen LogP contribution in [0.5, 0.6) is 0 Å². The third-order valence-electron chi connectivity index (χ3n) is 3.25. The van der Waals surface area contributed by atoms with Crippen LogP contribution in [0, 0.1) is 0 Å². The van der Waals surface area contributed by atoms with Crippen molar-refractivity contribution in [2.24, 2.45) is 5.73 Å². The van der Waals surface area contributed by atoms with Gasteiger partial charge in [0, 0.05) is 19.1 Å². The van der Waals surface area contributed by atoms with Crippen molar-refractivity contribution in [1.82, 2.24) is 4.90 Å². The third-order valence-corrected chi connectivity index (χ3v) is 3.25. The highest BCUT2D eigenvalue weighted by Gasteiger charge is 2.27. The van der Waals surface area contributed by atoms with Gasteiger partial charge in [-0.1, -0.05) is 30.3 Å². The molecule has 0 saturated carbocycles. The van der Waals surface area contributed by atoms with Crippen LogP contribution in [0.15, 0.2) is 30.3 Å². The van der Waals surface area contributed by atoms with Crippen molar-refractivity contribution in [3.05, 3.63) is 35.9 Å². The lowest BCUT2D eigenvalue weighted by atomic mass is 10.0. The molecule has 2 unspecified atom stereocenters. The standard InChI is InChI=1S/C14H19FN2O2/c15-12-6-7-17(8-13(12)16)9-14(18)19-10-11-4-2-1-3-5-11/h1-5,12-13H,6-10,16H2. The van der Waals surface area contributed by atoms with Crippen molar-refractivity contribution in [2.75, 3.05) is 19.6 Å². The van der Waals surface area contributed by atoms with E-state index < -0.39 is 12.2 Å². The fourth-order valence-corrected chi connectivity index (χ4v) is 2.13. The predicted octanol–water partition coefficient (Wildman–Crippen LogP) is 1.10. The van der Waals surface area contributed by atoms with Crippen LogP contribution in [0.1, 0.15) is 12.0 Å². The number of likely N-dealkylation sites (tertiary alicyclic amines) is 1. The highest BCUT2D eigenvalue weighted by atomic mass is 19.1. The predicted molar refractivity (Wildman–Crippen MR) is 70.2 cm³/mol. The van der Waals surface area contributed by atoms with E-state index in [0.717, 1.165) is 5.56 Å². The number of esters is 1. The van der Waals surface area contributed by atoms with Gasteiger partial charge in [-0.25, -0.2) is 4.39 Å². The first-order chi connectivity index (χ1) is 9.15. The molecule has 0 radical (unpaired) electrons. The molecular weight excluding hydrogens is 247 g/mol. The minimum atomic E-state index is -0.961. The molecule has 0 aromatic heterocycles. The lowest BCUT2D eigenvalue weighted by Crippen LogP contribution is -2.51. The number of halogens is 1. The molecule has 2 N–H and O–H groups in total. The molecule has 1 aromatic rings. The molecule has 1 aliphatic rings. The smallest absolute Gasteiger partial charge is 0.320 e. The van der Waals surface area contributed by atoms with Crippen molar-refractivity contribution in [1.29, 1.82) is 0 Å². The number of carbonyl (C=O) groups is 1. The molecule has 5 heteroatoms. The first kappa shape index (κ1) is 14.0. The Labute approximate surface area is 112 Å². The Morgan fingerprint density at radius 1 is 1.42 bits per heavy atom.